The SMILES string of the molecule is CCN(CC)c1cc2c(cc1C)C(c1ccccc1C(=O)N(C)N=Nc1ccc(NC(=O)CCOCCC(=O)O)cc1)=C1C=C(C)C(=[N+](CC)CC)C=C1C2(C)C. The number of amides is 2. The number of carboxylic acid groups (broad SMARTS) is 1. The van der Waals surface area contributed by atoms with Crippen LogP contribution in [0.1, 0.15) is 93.9 Å². The third-order valence-corrected chi connectivity index (χ3v) is 10.9. The van der Waals surface area contributed by atoms with Gasteiger partial charge in [-0.25, -0.2) is 9.58 Å². The Balaban J connectivity index is 1.50. The molecule has 11 heteroatoms. The number of carbonyl (C=O) groups excluding carboxylic acids is 2. The van der Waals surface area contributed by atoms with Gasteiger partial charge >= 0.3 is 5.97 Å². The number of hydrogen-bond donors (Lipinski definition) is 2. The predicted octanol–water partition coefficient (Wildman–Crippen LogP) is 8.90. The number of allylic oxidation sites excluding steroid dienone is 5. The van der Waals surface area contributed by atoms with Gasteiger partial charge in [-0.05, 0) is 129 Å². The largest absolute Gasteiger partial charge is 0.481 e. The summed E-state index contributed by atoms with van der Waals surface area (Å²) >= 11 is 0. The molecular weight excluding hydrogens is 717 g/mol. The van der Waals surface area contributed by atoms with Crippen LogP contribution in [0.5, 0.6) is 0 Å². The van der Waals surface area contributed by atoms with Crippen molar-refractivity contribution in [2.24, 2.45) is 10.3 Å². The lowest BCUT2D eigenvalue weighted by Gasteiger charge is -2.41. The molecule has 0 aromatic heterocycles. The second-order valence-corrected chi connectivity index (χ2v) is 14.9. The molecule has 0 radical (unpaired) electrons. The molecular formula is C46H57N6O5+. The standard InChI is InChI=1S/C46H56N6O5/c1-10-51(11-2)40-28-38-36(26-30(40)5)44(37-27-31(6)41(52(12-3)13-4)29-39(37)46(38,7)8)34-16-14-15-17-35(34)45(56)50(9)49-48-33-20-18-32(19-21-33)47-42(53)22-24-57-25-23-43(54)55/h14-21,26-29H,10-13,22-25H2,1-9H3,(H-,47,49,53,54,55)/p+1. The number of fused-ring (bicyclic) bond motifs is 2. The molecule has 3 aromatic carbocycles. The molecule has 0 fully saturated rings. The number of carboxylic acids is 1. The Hall–Kier alpha value is -5.68. The van der Waals surface area contributed by atoms with Crippen molar-refractivity contribution in [3.05, 3.63) is 117 Å². The van der Waals surface area contributed by atoms with Crippen molar-refractivity contribution < 1.29 is 28.8 Å². The third-order valence-electron chi connectivity index (χ3n) is 10.9. The van der Waals surface area contributed by atoms with Crippen molar-refractivity contribution in [1.29, 1.82) is 0 Å². The van der Waals surface area contributed by atoms with Crippen molar-refractivity contribution in [2.75, 3.05) is 56.7 Å². The van der Waals surface area contributed by atoms with E-state index in [1.54, 1.807) is 31.3 Å². The van der Waals surface area contributed by atoms with Crippen LogP contribution in [-0.2, 0) is 19.7 Å². The van der Waals surface area contributed by atoms with Gasteiger partial charge in [-0.15, -0.1) is 5.11 Å². The number of ether oxygens (including phenoxy) is 1. The molecule has 2 aliphatic rings. The van der Waals surface area contributed by atoms with Gasteiger partial charge in [0.2, 0.25) is 11.6 Å². The summed E-state index contributed by atoms with van der Waals surface area (Å²) in [5, 5.41) is 21.4. The molecule has 0 saturated heterocycles. The highest BCUT2D eigenvalue weighted by Crippen LogP contribution is 2.52. The molecule has 0 saturated carbocycles. The fraction of sp³-hybridized carbons (Fsp3) is 0.391. The Kier molecular flexibility index (Phi) is 13.8. The average molecular weight is 774 g/mol. The smallest absolute Gasteiger partial charge is 0.305 e. The number of aliphatic carboxylic acids is 1. The van der Waals surface area contributed by atoms with Crippen molar-refractivity contribution in [1.82, 2.24) is 5.01 Å². The maximum atomic E-state index is 14.4. The van der Waals surface area contributed by atoms with Crippen molar-refractivity contribution in [3.8, 4) is 0 Å². The van der Waals surface area contributed by atoms with Gasteiger partial charge in [-0.1, -0.05) is 37.3 Å². The Morgan fingerprint density at radius 3 is 2.19 bits per heavy atom. The minimum Gasteiger partial charge on any atom is -0.481 e. The number of carbonyl (C=O) groups is 3. The summed E-state index contributed by atoms with van der Waals surface area (Å²) in [5.41, 5.74) is 12.7. The van der Waals surface area contributed by atoms with Crippen LogP contribution >= 0.6 is 0 Å². The zero-order valence-corrected chi connectivity index (χ0v) is 34.9. The highest BCUT2D eigenvalue weighted by atomic mass is 16.5. The monoisotopic (exact) mass is 773 g/mol. The summed E-state index contributed by atoms with van der Waals surface area (Å²) in [7, 11) is 1.60. The molecule has 11 nitrogen and oxygen atoms in total. The Labute approximate surface area is 337 Å². The van der Waals surface area contributed by atoms with E-state index >= 15 is 0 Å². The molecule has 0 heterocycles. The number of nitrogens with one attached hydrogen (secondary N) is 1. The zero-order valence-electron chi connectivity index (χ0n) is 34.9. The summed E-state index contributed by atoms with van der Waals surface area (Å²) in [6, 6.07) is 19.3. The molecule has 2 aliphatic carbocycles. The van der Waals surface area contributed by atoms with Gasteiger partial charge in [0.15, 0.2) is 0 Å². The van der Waals surface area contributed by atoms with E-state index in [1.165, 1.54) is 38.7 Å². The first-order valence-corrected chi connectivity index (χ1v) is 19.9. The molecule has 5 rings (SSSR count). The maximum absolute atomic E-state index is 14.4. The summed E-state index contributed by atoms with van der Waals surface area (Å²) in [5.74, 6) is -1.50. The van der Waals surface area contributed by atoms with Gasteiger partial charge in [-0.3, -0.25) is 14.4 Å². The average Bonchev–Trinajstić information content (AvgIpc) is 3.19. The van der Waals surface area contributed by atoms with E-state index < -0.39 is 5.97 Å². The van der Waals surface area contributed by atoms with Crippen LogP contribution in [-0.4, -0.2) is 84.6 Å². The van der Waals surface area contributed by atoms with Gasteiger partial charge in [0.25, 0.3) is 5.91 Å². The van der Waals surface area contributed by atoms with Crippen LogP contribution in [0.4, 0.5) is 17.1 Å². The molecule has 0 atom stereocenters. The lowest BCUT2D eigenvalue weighted by Crippen LogP contribution is -2.33. The summed E-state index contributed by atoms with van der Waals surface area (Å²) in [4.78, 5) is 39.7. The van der Waals surface area contributed by atoms with Crippen LogP contribution in [0.2, 0.25) is 0 Å². The highest BCUT2D eigenvalue weighted by Gasteiger charge is 2.41. The van der Waals surface area contributed by atoms with Crippen molar-refractivity contribution in [3.63, 3.8) is 0 Å². The predicted molar refractivity (Wildman–Crippen MR) is 228 cm³/mol. The molecule has 57 heavy (non-hydrogen) atoms. The fourth-order valence-electron chi connectivity index (χ4n) is 7.71. The van der Waals surface area contributed by atoms with Gasteiger partial charge < -0.3 is 20.1 Å². The minimum atomic E-state index is -0.948. The zero-order chi connectivity index (χ0) is 41.4. The van der Waals surface area contributed by atoms with E-state index in [9.17, 15) is 14.4 Å². The molecule has 300 valence electrons. The molecule has 3 aromatic rings. The number of nitrogens with zero attached hydrogens (tertiary/aromatic N) is 5. The number of anilines is 2. The fourth-order valence-corrected chi connectivity index (χ4v) is 7.71. The van der Waals surface area contributed by atoms with Crippen LogP contribution in [0, 0.1) is 6.92 Å². The van der Waals surface area contributed by atoms with E-state index in [-0.39, 0.29) is 43.3 Å². The van der Waals surface area contributed by atoms with Crippen LogP contribution < -0.4 is 10.2 Å². The third kappa shape index (κ3) is 9.31. The van der Waals surface area contributed by atoms with Crippen LogP contribution in [0.3, 0.4) is 0 Å². The van der Waals surface area contributed by atoms with Crippen LogP contribution in [0.15, 0.2) is 99.9 Å². The Morgan fingerprint density at radius 2 is 1.54 bits per heavy atom. The first kappa shape index (κ1) is 42.5. The van der Waals surface area contributed by atoms with E-state index in [0.717, 1.165) is 48.5 Å². The maximum Gasteiger partial charge on any atom is 0.305 e. The molecule has 0 unspecified atom stereocenters. The lowest BCUT2D eigenvalue weighted by atomic mass is 9.63. The van der Waals surface area contributed by atoms with Crippen molar-refractivity contribution in [2.45, 2.75) is 73.6 Å². The topological polar surface area (TPSA) is 127 Å². The van der Waals surface area contributed by atoms with E-state index in [0.29, 0.717) is 16.9 Å². The van der Waals surface area contributed by atoms with E-state index in [2.05, 4.69) is 105 Å². The normalized spacial score (nSPS) is 14.4. The number of aryl methyl sites for hydroxylation is 1. The first-order chi connectivity index (χ1) is 27.2. The van der Waals surface area contributed by atoms with Gasteiger partial charge in [0.05, 0.1) is 31.7 Å². The second kappa shape index (κ2) is 18.5. The Morgan fingerprint density at radius 1 is 0.877 bits per heavy atom. The molecule has 2 amide bonds. The first-order valence-electron chi connectivity index (χ1n) is 19.9. The second-order valence-electron chi connectivity index (χ2n) is 14.9. The molecule has 0 spiro atoms. The van der Waals surface area contributed by atoms with E-state index in [4.69, 9.17) is 9.84 Å². The van der Waals surface area contributed by atoms with Gasteiger partial charge in [0, 0.05) is 54.1 Å². The van der Waals surface area contributed by atoms with Crippen molar-refractivity contribution >= 4 is 46.1 Å². The van der Waals surface area contributed by atoms with E-state index in [1.807, 2.05) is 24.3 Å². The molecule has 0 bridgehead atoms. The Bertz CT molecular complexity index is 2170. The summed E-state index contributed by atoms with van der Waals surface area (Å²) in [6.07, 6.45) is 4.67. The van der Waals surface area contributed by atoms with Gasteiger partial charge in [0.1, 0.15) is 13.1 Å². The number of benzene rings is 3. The van der Waals surface area contributed by atoms with Gasteiger partial charge in [-0.2, -0.15) is 0 Å². The summed E-state index contributed by atoms with van der Waals surface area (Å²) in [6.45, 7) is 21.6. The lowest BCUT2D eigenvalue weighted by molar-refractivity contribution is -0.519. The summed E-state index contributed by atoms with van der Waals surface area (Å²) < 4.78 is 7.61. The number of hydrogen-bond acceptors (Lipinski definition) is 7. The molecule has 0 aliphatic heterocycles. The quantitative estimate of drug-likeness (QED) is 0.0648. The molecule has 2 N–H and O–H groups in total. The highest BCUT2D eigenvalue weighted by molar-refractivity contribution is 6.11. The minimum absolute atomic E-state index is 0.0554. The van der Waals surface area contributed by atoms with Crippen LogP contribution in [0.25, 0.3) is 5.57 Å². The number of rotatable bonds is 16.